The van der Waals surface area contributed by atoms with Crippen LogP contribution in [0.2, 0.25) is 5.02 Å². The van der Waals surface area contributed by atoms with Crippen molar-refractivity contribution in [3.63, 3.8) is 0 Å². The van der Waals surface area contributed by atoms with Gasteiger partial charge in [-0.3, -0.25) is 0 Å². The van der Waals surface area contributed by atoms with Gasteiger partial charge in [-0.05, 0) is 55.2 Å². The van der Waals surface area contributed by atoms with E-state index in [2.05, 4.69) is 34.7 Å². The van der Waals surface area contributed by atoms with Gasteiger partial charge in [0, 0.05) is 18.5 Å². The molecule has 0 spiro atoms. The van der Waals surface area contributed by atoms with E-state index in [1.165, 1.54) is 4.88 Å². The first-order chi connectivity index (χ1) is 11.0. The van der Waals surface area contributed by atoms with E-state index in [0.29, 0.717) is 23.3 Å². The summed E-state index contributed by atoms with van der Waals surface area (Å²) < 4.78 is 5.23. The van der Waals surface area contributed by atoms with Crippen LogP contribution in [0.3, 0.4) is 0 Å². The summed E-state index contributed by atoms with van der Waals surface area (Å²) in [6.07, 6.45) is 0. The van der Waals surface area contributed by atoms with Gasteiger partial charge in [-0.25, -0.2) is 0 Å². The molecule has 1 aromatic heterocycles. The number of hydrogen-bond acceptors (Lipinski definition) is 3. The molecule has 2 aromatic rings. The summed E-state index contributed by atoms with van der Waals surface area (Å²) in [5.41, 5.74) is 1.94. The van der Waals surface area contributed by atoms with Crippen molar-refractivity contribution in [2.75, 3.05) is 25.6 Å². The van der Waals surface area contributed by atoms with Crippen molar-refractivity contribution in [3.8, 4) is 0 Å². The molecule has 6 heteroatoms. The minimum absolute atomic E-state index is 0.175. The van der Waals surface area contributed by atoms with Crippen LogP contribution in [0.5, 0.6) is 0 Å². The second-order valence-electron chi connectivity index (χ2n) is 5.29. The largest absolute Gasteiger partial charge is 0.383 e. The first kappa shape index (κ1) is 18.2. The molecule has 0 saturated carbocycles. The molecule has 1 heterocycles. The highest BCUT2D eigenvalue weighted by Crippen LogP contribution is 2.27. The molecule has 0 aliphatic carbocycles. The molecule has 1 aromatic carbocycles. The maximum atomic E-state index is 6.30. The highest BCUT2D eigenvalue weighted by molar-refractivity contribution is 7.80. The Kier molecular flexibility index (Phi) is 6.84. The number of ether oxygens (including phenoxy) is 1. The fourth-order valence-electron chi connectivity index (χ4n) is 2.25. The molecule has 1 atom stereocenters. The number of halogens is 1. The zero-order valence-electron chi connectivity index (χ0n) is 13.5. The normalized spacial score (nSPS) is 12.0. The number of nitrogens with zero attached hydrogens (tertiary/aromatic N) is 1. The SMILES string of the molecule is COCCN(C(=S)Nc1ccc(C)cc1Cl)C(C)c1cccs1. The number of thiophene rings is 1. The Balaban J connectivity index is 2.15. The smallest absolute Gasteiger partial charge is 0.174 e. The van der Waals surface area contributed by atoms with Crippen molar-refractivity contribution in [2.45, 2.75) is 19.9 Å². The maximum absolute atomic E-state index is 6.30. The van der Waals surface area contributed by atoms with Gasteiger partial charge < -0.3 is 15.0 Å². The molecule has 0 aliphatic heterocycles. The lowest BCUT2D eigenvalue weighted by Crippen LogP contribution is -2.38. The average molecular weight is 369 g/mol. The molecular weight excluding hydrogens is 348 g/mol. The monoisotopic (exact) mass is 368 g/mol. The Hall–Kier alpha value is -1.14. The van der Waals surface area contributed by atoms with Gasteiger partial charge in [-0.1, -0.05) is 23.7 Å². The molecule has 0 fully saturated rings. The van der Waals surface area contributed by atoms with Gasteiger partial charge in [0.25, 0.3) is 0 Å². The summed E-state index contributed by atoms with van der Waals surface area (Å²) in [5.74, 6) is 0. The first-order valence-electron chi connectivity index (χ1n) is 7.39. The number of rotatable bonds is 6. The van der Waals surface area contributed by atoms with Crippen molar-refractivity contribution >= 4 is 46.0 Å². The van der Waals surface area contributed by atoms with Gasteiger partial charge in [-0.2, -0.15) is 0 Å². The van der Waals surface area contributed by atoms with E-state index in [-0.39, 0.29) is 6.04 Å². The molecule has 23 heavy (non-hydrogen) atoms. The van der Waals surface area contributed by atoms with Gasteiger partial charge in [-0.15, -0.1) is 11.3 Å². The van der Waals surface area contributed by atoms with Crippen LogP contribution in [0.1, 0.15) is 23.4 Å². The van der Waals surface area contributed by atoms with Crippen LogP contribution in [-0.4, -0.2) is 30.3 Å². The predicted octanol–water partition coefficient (Wildman–Crippen LogP) is 5.12. The number of nitrogens with one attached hydrogen (secondary N) is 1. The maximum Gasteiger partial charge on any atom is 0.174 e. The minimum Gasteiger partial charge on any atom is -0.383 e. The molecule has 0 radical (unpaired) electrons. The predicted molar refractivity (Wildman–Crippen MR) is 104 cm³/mol. The third-order valence-electron chi connectivity index (χ3n) is 3.59. The lowest BCUT2D eigenvalue weighted by atomic mass is 10.2. The fraction of sp³-hybridized carbons (Fsp3) is 0.353. The first-order valence-corrected chi connectivity index (χ1v) is 9.05. The Morgan fingerprint density at radius 1 is 1.43 bits per heavy atom. The molecule has 3 nitrogen and oxygen atoms in total. The number of methoxy groups -OCH3 is 1. The highest BCUT2D eigenvalue weighted by Gasteiger charge is 2.20. The van der Waals surface area contributed by atoms with Crippen molar-refractivity contribution in [1.82, 2.24) is 4.90 Å². The van der Waals surface area contributed by atoms with Gasteiger partial charge in [0.2, 0.25) is 0 Å². The fourth-order valence-corrected chi connectivity index (χ4v) is 3.69. The van der Waals surface area contributed by atoms with Crippen molar-refractivity contribution in [2.24, 2.45) is 0 Å². The second kappa shape index (κ2) is 8.64. The van der Waals surface area contributed by atoms with E-state index >= 15 is 0 Å². The van der Waals surface area contributed by atoms with Crippen molar-refractivity contribution in [3.05, 3.63) is 51.2 Å². The van der Waals surface area contributed by atoms with E-state index in [0.717, 1.165) is 11.3 Å². The molecule has 1 N–H and O–H groups in total. The number of hydrogen-bond donors (Lipinski definition) is 1. The summed E-state index contributed by atoms with van der Waals surface area (Å²) in [6.45, 7) is 5.48. The molecule has 0 aliphatic rings. The third kappa shape index (κ3) is 4.91. The van der Waals surface area contributed by atoms with Crippen LogP contribution in [-0.2, 0) is 4.74 Å². The minimum atomic E-state index is 0.175. The van der Waals surface area contributed by atoms with Gasteiger partial charge in [0.1, 0.15) is 0 Å². The van der Waals surface area contributed by atoms with Crippen LogP contribution in [0.25, 0.3) is 0 Å². The van der Waals surface area contributed by atoms with Crippen molar-refractivity contribution < 1.29 is 4.74 Å². The molecule has 0 saturated heterocycles. The Morgan fingerprint density at radius 2 is 2.22 bits per heavy atom. The van der Waals surface area contributed by atoms with E-state index < -0.39 is 0 Å². The van der Waals surface area contributed by atoms with Crippen molar-refractivity contribution in [1.29, 1.82) is 0 Å². The van der Waals surface area contributed by atoms with Gasteiger partial charge in [0.15, 0.2) is 5.11 Å². The van der Waals surface area contributed by atoms with Crippen LogP contribution >= 0.6 is 35.2 Å². The lowest BCUT2D eigenvalue weighted by molar-refractivity contribution is 0.166. The molecule has 2 rings (SSSR count). The summed E-state index contributed by atoms with van der Waals surface area (Å²) in [5, 5.41) is 6.66. The zero-order chi connectivity index (χ0) is 16.8. The molecular formula is C17H21ClN2OS2. The number of thiocarbonyl (C=S) groups is 1. The van der Waals surface area contributed by atoms with E-state index in [4.69, 9.17) is 28.6 Å². The van der Waals surface area contributed by atoms with Crippen LogP contribution in [0.15, 0.2) is 35.7 Å². The Morgan fingerprint density at radius 3 is 2.83 bits per heavy atom. The Labute approximate surface area is 152 Å². The van der Waals surface area contributed by atoms with Crippen LogP contribution in [0.4, 0.5) is 5.69 Å². The van der Waals surface area contributed by atoms with E-state index in [9.17, 15) is 0 Å². The third-order valence-corrected chi connectivity index (χ3v) is 5.28. The topological polar surface area (TPSA) is 24.5 Å². The summed E-state index contributed by atoms with van der Waals surface area (Å²) >= 11 is 13.6. The highest BCUT2D eigenvalue weighted by atomic mass is 35.5. The van der Waals surface area contributed by atoms with E-state index in [1.807, 2.05) is 25.1 Å². The quantitative estimate of drug-likeness (QED) is 0.715. The zero-order valence-corrected chi connectivity index (χ0v) is 15.9. The standard InChI is InChI=1S/C17H21ClN2OS2/c1-12-6-7-15(14(18)11-12)19-17(22)20(8-9-21-3)13(2)16-5-4-10-23-16/h4-7,10-11,13H,8-9H2,1-3H3,(H,19,22). The van der Waals surface area contributed by atoms with E-state index in [1.54, 1.807) is 18.4 Å². The van der Waals surface area contributed by atoms with Crippen LogP contribution in [0, 0.1) is 6.92 Å². The molecule has 124 valence electrons. The number of anilines is 1. The number of aryl methyl sites for hydroxylation is 1. The molecule has 1 unspecified atom stereocenters. The lowest BCUT2D eigenvalue weighted by Gasteiger charge is -2.31. The summed E-state index contributed by atoms with van der Waals surface area (Å²) in [7, 11) is 1.70. The Bertz CT molecular complexity index is 646. The molecule has 0 bridgehead atoms. The summed E-state index contributed by atoms with van der Waals surface area (Å²) in [6, 6.07) is 10.2. The van der Waals surface area contributed by atoms with Crippen LogP contribution < -0.4 is 5.32 Å². The number of benzene rings is 1. The average Bonchev–Trinajstić information content (AvgIpc) is 3.04. The van der Waals surface area contributed by atoms with Gasteiger partial charge in [0.05, 0.1) is 23.4 Å². The van der Waals surface area contributed by atoms with Gasteiger partial charge >= 0.3 is 0 Å². The summed E-state index contributed by atoms with van der Waals surface area (Å²) in [4.78, 5) is 3.39. The molecule has 0 amide bonds. The second-order valence-corrected chi connectivity index (χ2v) is 7.06.